The summed E-state index contributed by atoms with van der Waals surface area (Å²) in [4.78, 5) is 70.7. The third kappa shape index (κ3) is 18.9. The summed E-state index contributed by atoms with van der Waals surface area (Å²) >= 11 is 3.52. The largest absolute Gasteiger partial charge is 0.488 e. The van der Waals surface area contributed by atoms with Gasteiger partial charge in [0.1, 0.15) is 46.4 Å². The van der Waals surface area contributed by atoms with Gasteiger partial charge in [-0.2, -0.15) is 29.0 Å². The van der Waals surface area contributed by atoms with Gasteiger partial charge in [-0.1, -0.05) is 136 Å². The number of ether oxygens (including phenoxy) is 4. The van der Waals surface area contributed by atoms with E-state index in [1.54, 1.807) is 45.3 Å². The van der Waals surface area contributed by atoms with Gasteiger partial charge in [0, 0.05) is 145 Å². The molecule has 0 atom stereocenters. The molecule has 588 valence electrons. The van der Waals surface area contributed by atoms with Crippen LogP contribution in [0.25, 0.3) is 61.8 Å². The maximum atomic E-state index is 14.2. The molecule has 8 aromatic heterocycles. The van der Waals surface area contributed by atoms with Crippen LogP contribution in [0.3, 0.4) is 0 Å². The van der Waals surface area contributed by atoms with Crippen molar-refractivity contribution in [2.24, 2.45) is 0 Å². The number of aromatic nitrogens is 11. The minimum absolute atomic E-state index is 0.128. The number of hydrogen-bond donors (Lipinski definition) is 3. The first kappa shape index (κ1) is 81.7. The lowest BCUT2D eigenvalue weighted by Crippen LogP contribution is -2.31. The maximum absolute atomic E-state index is 14.2. The topological polar surface area (TPSA) is 259 Å². The van der Waals surface area contributed by atoms with Crippen LogP contribution in [0.4, 0.5) is 17.1 Å². The van der Waals surface area contributed by atoms with Crippen LogP contribution < -0.4 is 46.3 Å². The Kier molecular flexibility index (Phi) is 26.8. The van der Waals surface area contributed by atoms with Gasteiger partial charge >= 0.3 is 7.12 Å². The molecule has 0 saturated carbocycles. The standard InChI is InChI=1S/C30H39N5O3Si.C24H33BrN4O2Si.C24H24N4O2.C6H8BNO3/c1-22-26(24-14-15-31-25(20-24)37-2)30(36)35-29(34(22)21-38-18-19-39(3,4)5)28(33-16-10-7-11-17-33)27(32-35)23-12-8-6-9-13-23;1-18-20(25)24(30)29-23(28(18)17-31-15-16-32(2,3)4)22(27-13-9-6-10-14-27)21(26-29)19-11-7-5-8-12-19;1-16-14-19-23(27-12-6-3-7-13-27)22(17-8-4-2-5-9-17)26-28(19)24(30)21(16)18-10-11-25-20(29)15-18;1-11-6-4-5(7(9)10)2-3-8-6/h6,8-9,12-15,20H,7,10-11,16-19,21H2,1-5H3;5,7-8,11-12H,6,9-10,13-17H2,1-4H3;2,4-5,8-11,15H,3,6-7,12-14H2,1H3,(H,25,29);2-4,9-10H,1H3. The smallest absolute Gasteiger partial charge is 0.481 e. The number of pyridine rings is 3. The van der Waals surface area contributed by atoms with E-state index in [4.69, 9.17) is 44.3 Å². The van der Waals surface area contributed by atoms with Gasteiger partial charge in [-0.15, -0.1) is 0 Å². The molecule has 112 heavy (non-hydrogen) atoms. The average Bonchev–Trinajstić information content (AvgIpc) is 1.57. The van der Waals surface area contributed by atoms with Crippen molar-refractivity contribution in [1.29, 1.82) is 0 Å². The van der Waals surface area contributed by atoms with E-state index >= 15 is 0 Å². The number of allylic oxidation sites excluding steroid dienone is 2. The molecule has 3 saturated heterocycles. The Hall–Kier alpha value is -9.81. The number of benzene rings is 3. The summed E-state index contributed by atoms with van der Waals surface area (Å²) in [6.07, 6.45) is 15.9. The van der Waals surface area contributed by atoms with Crippen molar-refractivity contribution in [1.82, 2.24) is 53.1 Å². The highest BCUT2D eigenvalue weighted by atomic mass is 79.9. The average molecular weight is 1620 g/mol. The van der Waals surface area contributed by atoms with Crippen LogP contribution in [0.5, 0.6) is 11.8 Å². The first-order valence-electron chi connectivity index (χ1n) is 38.9. The molecule has 4 aliphatic heterocycles. The zero-order valence-electron chi connectivity index (χ0n) is 66.3. The van der Waals surface area contributed by atoms with Crippen LogP contribution in [0.2, 0.25) is 51.4 Å². The van der Waals surface area contributed by atoms with Gasteiger partial charge in [0.05, 0.1) is 31.2 Å². The molecule has 0 bridgehead atoms. The molecular weight excluding hydrogens is 1510 g/mol. The second kappa shape index (κ2) is 36.8. The van der Waals surface area contributed by atoms with E-state index in [0.717, 1.165) is 187 Å². The molecule has 0 unspecified atom stereocenters. The minimum Gasteiger partial charge on any atom is -0.481 e. The minimum atomic E-state index is -1.47. The molecule has 11 aromatic rings. The van der Waals surface area contributed by atoms with Gasteiger partial charge in [0.2, 0.25) is 17.3 Å². The van der Waals surface area contributed by atoms with Gasteiger partial charge in [0.15, 0.2) is 11.3 Å². The number of rotatable bonds is 21. The Labute approximate surface area is 665 Å². The van der Waals surface area contributed by atoms with Gasteiger partial charge in [0.25, 0.3) is 17.0 Å². The molecule has 3 fully saturated rings. The number of carbonyl (C=O) groups is 1. The number of fused-ring (bicyclic) bond motifs is 3. The summed E-state index contributed by atoms with van der Waals surface area (Å²) in [5, 5.41) is 32.1. The van der Waals surface area contributed by atoms with Crippen molar-refractivity contribution in [3.8, 4) is 56.7 Å². The van der Waals surface area contributed by atoms with E-state index in [2.05, 4.69) is 118 Å². The van der Waals surface area contributed by atoms with Crippen LogP contribution in [0.1, 0.15) is 92.2 Å². The molecule has 24 nitrogen and oxygen atoms in total. The summed E-state index contributed by atoms with van der Waals surface area (Å²) in [5.41, 5.74) is 16.4. The highest BCUT2D eigenvalue weighted by Crippen LogP contribution is 2.42. The summed E-state index contributed by atoms with van der Waals surface area (Å²) in [6.45, 7) is 28.0. The summed E-state index contributed by atoms with van der Waals surface area (Å²) in [5.74, 6) is 0.666. The monoisotopic (exact) mass is 1610 g/mol. The highest BCUT2D eigenvalue weighted by molar-refractivity contribution is 9.10. The zero-order chi connectivity index (χ0) is 79.4. The Morgan fingerprint density at radius 2 is 0.955 bits per heavy atom. The zero-order valence-corrected chi connectivity index (χ0v) is 69.9. The number of H-pyrrole nitrogens is 1. The molecule has 0 amide bonds. The second-order valence-corrected chi connectivity index (χ2v) is 43.4. The van der Waals surface area contributed by atoms with Crippen molar-refractivity contribution in [2.75, 3.05) is 81.4 Å². The Bertz CT molecular complexity index is 5310. The van der Waals surface area contributed by atoms with Crippen LogP contribution in [0.15, 0.2) is 170 Å². The lowest BCUT2D eigenvalue weighted by atomic mass is 9.81. The fraction of sp³-hybridized carbons (Fsp3) is 0.393. The van der Waals surface area contributed by atoms with Crippen molar-refractivity contribution >= 4 is 84.5 Å². The van der Waals surface area contributed by atoms with E-state index < -0.39 is 23.3 Å². The van der Waals surface area contributed by atoms with E-state index in [1.807, 2.05) is 93.6 Å². The van der Waals surface area contributed by atoms with Crippen molar-refractivity contribution < 1.29 is 33.8 Å². The van der Waals surface area contributed by atoms with Gasteiger partial charge in [-0.05, 0) is 141 Å². The molecule has 0 aliphatic carbocycles. The van der Waals surface area contributed by atoms with E-state index in [-0.39, 0.29) is 22.6 Å². The lowest BCUT2D eigenvalue weighted by molar-refractivity contribution is 0.0874. The third-order valence-electron chi connectivity index (χ3n) is 20.8. The molecule has 0 radical (unpaired) electrons. The van der Waals surface area contributed by atoms with Crippen LogP contribution >= 0.6 is 15.9 Å². The number of aromatic amines is 1. The van der Waals surface area contributed by atoms with Gasteiger partial charge in [-0.25, -0.2) is 9.97 Å². The van der Waals surface area contributed by atoms with Crippen molar-refractivity contribution in [3.63, 3.8) is 0 Å². The molecule has 4 aliphatic rings. The summed E-state index contributed by atoms with van der Waals surface area (Å²) < 4.78 is 32.1. The number of nitrogens with zero attached hydrogens (tertiary/aromatic N) is 13. The summed E-state index contributed by atoms with van der Waals surface area (Å²) in [6, 6.07) is 42.5. The number of piperidine rings is 3. The third-order valence-corrected chi connectivity index (χ3v) is 25.2. The van der Waals surface area contributed by atoms with E-state index in [0.29, 0.717) is 64.9 Å². The molecule has 12 heterocycles. The number of methoxy groups -OCH3 is 2. The molecule has 0 spiro atoms. The molecule has 3 aromatic carbocycles. The van der Waals surface area contributed by atoms with Crippen LogP contribution in [-0.4, -0.2) is 159 Å². The Balaban J connectivity index is 0.000000147. The Morgan fingerprint density at radius 1 is 0.509 bits per heavy atom. The fourth-order valence-corrected chi connectivity index (χ4v) is 16.6. The number of anilines is 3. The molecule has 28 heteroatoms. The van der Waals surface area contributed by atoms with Crippen LogP contribution in [0, 0.1) is 13.8 Å². The fourth-order valence-electron chi connectivity index (χ4n) is 14.7. The SMILES string of the molecule is CC1=C(c2cc[nH]c(=O)c2)C(=O)n2nc(-c3ccccc3)c(N3CCCCC3)c2C1.COc1cc(-c2c(C)n(COCC[Si](C)(C)C)c3c(N4CCCCC4)c(-c4ccccc4)nn3c2=O)ccn1.COc1cc(B(O)O)ccn1.Cc1c(Br)c(=O)n2nc(-c3ccccc3)c(N3CCCCC3)c2n1COCC[Si](C)(C)C. The van der Waals surface area contributed by atoms with Crippen LogP contribution in [-0.2, 0) is 29.4 Å². The predicted octanol–water partition coefficient (Wildman–Crippen LogP) is 14.0. The summed E-state index contributed by atoms with van der Waals surface area (Å²) in [7, 11) is -0.851. The Morgan fingerprint density at radius 3 is 1.42 bits per heavy atom. The number of carbonyl (C=O) groups excluding carboxylic acids is 1. The first-order valence-corrected chi connectivity index (χ1v) is 47.1. The number of nitrogens with one attached hydrogen (secondary N) is 1. The molecular formula is C84H104BBrN14O10Si2. The van der Waals surface area contributed by atoms with Gasteiger partial charge in [-0.3, -0.25) is 19.2 Å². The normalized spacial score (nSPS) is 14.6. The van der Waals surface area contributed by atoms with Crippen molar-refractivity contribution in [2.45, 2.75) is 150 Å². The molecule has 15 rings (SSSR count). The van der Waals surface area contributed by atoms with E-state index in [9.17, 15) is 19.2 Å². The number of halogens is 1. The van der Waals surface area contributed by atoms with Crippen molar-refractivity contribution in [3.05, 3.63) is 210 Å². The van der Waals surface area contributed by atoms with Gasteiger partial charge < -0.3 is 57.8 Å². The number of hydrogen-bond acceptors (Lipinski definition) is 18. The molecule has 3 N–H and O–H groups in total. The quantitative estimate of drug-likeness (QED) is 0.0446. The lowest BCUT2D eigenvalue weighted by Gasteiger charge is -2.30. The van der Waals surface area contributed by atoms with E-state index in [1.165, 1.54) is 50.8 Å². The highest BCUT2D eigenvalue weighted by Gasteiger charge is 2.35. The predicted molar refractivity (Wildman–Crippen MR) is 455 cm³/mol. The maximum Gasteiger partial charge on any atom is 0.488 e. The second-order valence-electron chi connectivity index (χ2n) is 31.4. The first-order chi connectivity index (χ1) is 53.9.